The van der Waals surface area contributed by atoms with Crippen LogP contribution in [-0.2, 0) is 29.1 Å². The van der Waals surface area contributed by atoms with Gasteiger partial charge in [-0.2, -0.15) is 0 Å². The molecule has 5 atom stereocenters. The number of nitrogens with one attached hydrogen (secondary N) is 3. The Morgan fingerprint density at radius 3 is 2.46 bits per heavy atom. The predicted molar refractivity (Wildman–Crippen MR) is 200 cm³/mol. The smallest absolute Gasteiger partial charge is 0.408 e. The summed E-state index contributed by atoms with van der Waals surface area (Å²) >= 11 is 1.48. The topological polar surface area (TPSA) is 186 Å². The van der Waals surface area contributed by atoms with Gasteiger partial charge in [0.05, 0.1) is 27.7 Å². The van der Waals surface area contributed by atoms with Crippen molar-refractivity contribution in [3.05, 3.63) is 53.9 Å². The number of carbonyl (C=O) groups is 4. The number of rotatable bonds is 8. The Morgan fingerprint density at radius 1 is 0.944 bits per heavy atom. The third-order valence-electron chi connectivity index (χ3n) is 11.0. The maximum atomic E-state index is 14.5. The fourth-order valence-electron chi connectivity index (χ4n) is 7.46. The van der Waals surface area contributed by atoms with Crippen LogP contribution in [0, 0.1) is 5.92 Å². The number of benzene rings is 1. The van der Waals surface area contributed by atoms with E-state index in [1.807, 2.05) is 53.9 Å². The Bertz CT molecular complexity index is 2070. The van der Waals surface area contributed by atoms with Crippen LogP contribution in [0.5, 0.6) is 5.88 Å². The minimum Gasteiger partial charge on any atom is -0.471 e. The Morgan fingerprint density at radius 2 is 1.74 bits per heavy atom. The summed E-state index contributed by atoms with van der Waals surface area (Å²) in [5, 5.41) is 6.99. The van der Waals surface area contributed by atoms with Crippen LogP contribution < -0.4 is 20.1 Å². The van der Waals surface area contributed by atoms with Gasteiger partial charge in [-0.3, -0.25) is 19.1 Å². The van der Waals surface area contributed by atoms with E-state index in [2.05, 4.69) is 15.4 Å². The zero-order chi connectivity index (χ0) is 37.5. The van der Waals surface area contributed by atoms with Gasteiger partial charge in [-0.1, -0.05) is 43.2 Å². The van der Waals surface area contributed by atoms with E-state index in [-0.39, 0.29) is 31.4 Å². The van der Waals surface area contributed by atoms with E-state index in [1.165, 1.54) is 16.2 Å². The molecule has 5 aliphatic rings. The van der Waals surface area contributed by atoms with Crippen LogP contribution in [0.1, 0.15) is 77.0 Å². The van der Waals surface area contributed by atoms with Crippen molar-refractivity contribution >= 4 is 56.2 Å². The molecular weight excluding hydrogens is 733 g/mol. The summed E-state index contributed by atoms with van der Waals surface area (Å²) in [6, 6.07) is 9.17. The lowest BCUT2D eigenvalue weighted by Crippen LogP contribution is -2.58. The molecule has 4 amide bonds. The van der Waals surface area contributed by atoms with E-state index in [4.69, 9.17) is 19.4 Å². The molecular formula is C38H44N6O8S2. The van der Waals surface area contributed by atoms with Crippen LogP contribution in [0.4, 0.5) is 4.79 Å². The van der Waals surface area contributed by atoms with Crippen LogP contribution >= 0.6 is 11.3 Å². The summed E-state index contributed by atoms with van der Waals surface area (Å²) in [7, 11) is -3.89. The van der Waals surface area contributed by atoms with Gasteiger partial charge < -0.3 is 25.0 Å². The van der Waals surface area contributed by atoms with Gasteiger partial charge in [0.25, 0.3) is 5.91 Å². The normalized spacial score (nSPS) is 28.3. The summed E-state index contributed by atoms with van der Waals surface area (Å²) < 4.78 is 40.1. The fourth-order valence-corrected chi connectivity index (χ4v) is 9.53. The molecule has 0 spiro atoms. The number of aromatic nitrogens is 2. The largest absolute Gasteiger partial charge is 0.471 e. The molecule has 3 N–H and O–H groups in total. The molecule has 16 heteroatoms. The highest BCUT2D eigenvalue weighted by molar-refractivity contribution is 7.91. The van der Waals surface area contributed by atoms with E-state index in [0.717, 1.165) is 37.0 Å². The fraction of sp³-hybridized carbons (Fsp3) is 0.526. The lowest BCUT2D eigenvalue weighted by molar-refractivity contribution is -0.141. The predicted octanol–water partition coefficient (Wildman–Crippen LogP) is 4.36. The SMILES string of the molecule is O=C(N[C@@H]1CCCCC/C=C\C2C[C@@]2(C(=O)NS(=O)(=O)C2CC2)NC(=O)[C@@H]2C[C@@H](Oc3nc4ccccc4nc3-c3cccs3)CN2C1=O)OC1CCC1. The first-order chi connectivity index (χ1) is 26.1. The number of nitrogens with zero attached hydrogens (tertiary/aromatic N) is 3. The Kier molecular flexibility index (Phi) is 10.1. The quantitative estimate of drug-likeness (QED) is 0.278. The van der Waals surface area contributed by atoms with Crippen LogP contribution in [0.25, 0.3) is 21.6 Å². The van der Waals surface area contributed by atoms with Crippen LogP contribution in [-0.4, -0.2) is 88.7 Å². The number of carbonyl (C=O) groups excluding carboxylic acids is 4. The van der Waals surface area contributed by atoms with Gasteiger partial charge >= 0.3 is 6.09 Å². The van der Waals surface area contributed by atoms with Crippen LogP contribution in [0.3, 0.4) is 0 Å². The maximum absolute atomic E-state index is 14.5. The molecule has 286 valence electrons. The molecule has 3 aliphatic carbocycles. The van der Waals surface area contributed by atoms with Crippen molar-refractivity contribution in [2.75, 3.05) is 6.54 Å². The number of thiophene rings is 1. The number of hydrogen-bond donors (Lipinski definition) is 3. The van der Waals surface area contributed by atoms with Gasteiger partial charge in [0.2, 0.25) is 27.7 Å². The number of sulfonamides is 1. The second-order valence-corrected chi connectivity index (χ2v) is 17.9. The molecule has 8 rings (SSSR count). The first-order valence-electron chi connectivity index (χ1n) is 18.9. The molecule has 1 aromatic carbocycles. The molecule has 4 heterocycles. The molecule has 3 saturated carbocycles. The molecule has 14 nitrogen and oxygen atoms in total. The molecule has 3 aromatic rings. The van der Waals surface area contributed by atoms with Crippen molar-refractivity contribution in [3.63, 3.8) is 0 Å². The average molecular weight is 777 g/mol. The summed E-state index contributed by atoms with van der Waals surface area (Å²) in [6.07, 6.45) is 9.28. The molecule has 2 aliphatic heterocycles. The highest BCUT2D eigenvalue weighted by Crippen LogP contribution is 2.46. The van der Waals surface area contributed by atoms with Crippen LogP contribution in [0.2, 0.25) is 0 Å². The second-order valence-electron chi connectivity index (χ2n) is 15.0. The molecule has 54 heavy (non-hydrogen) atoms. The van der Waals surface area contributed by atoms with Gasteiger partial charge in [-0.15, -0.1) is 11.3 Å². The summed E-state index contributed by atoms with van der Waals surface area (Å²) in [6.45, 7) is -0.0102. The summed E-state index contributed by atoms with van der Waals surface area (Å²) in [5.41, 5.74) is 0.335. The van der Waals surface area contributed by atoms with Crippen molar-refractivity contribution in [1.29, 1.82) is 0 Å². The lowest BCUT2D eigenvalue weighted by atomic mass is 9.96. The minimum absolute atomic E-state index is 0.0102. The third-order valence-corrected chi connectivity index (χ3v) is 13.7. The number of amides is 4. The molecule has 0 bridgehead atoms. The number of ether oxygens (including phenoxy) is 2. The van der Waals surface area contributed by atoms with Crippen molar-refractivity contribution < 1.29 is 37.1 Å². The highest BCUT2D eigenvalue weighted by Gasteiger charge is 2.62. The van der Waals surface area contributed by atoms with Gasteiger partial charge in [-0.05, 0) is 81.4 Å². The van der Waals surface area contributed by atoms with Crippen LogP contribution in [0.15, 0.2) is 53.9 Å². The Labute approximate surface area is 317 Å². The zero-order valence-corrected chi connectivity index (χ0v) is 31.4. The maximum Gasteiger partial charge on any atom is 0.408 e. The van der Waals surface area contributed by atoms with Crippen molar-refractivity contribution in [3.8, 4) is 16.5 Å². The summed E-state index contributed by atoms with van der Waals surface area (Å²) in [4.78, 5) is 67.6. The van der Waals surface area contributed by atoms with Crippen molar-refractivity contribution in [2.45, 2.75) is 112 Å². The zero-order valence-electron chi connectivity index (χ0n) is 29.8. The van der Waals surface area contributed by atoms with Gasteiger partial charge in [0.15, 0.2) is 0 Å². The minimum atomic E-state index is -3.89. The van der Waals surface area contributed by atoms with E-state index in [0.29, 0.717) is 48.8 Å². The number of hydrogen-bond acceptors (Lipinski definition) is 11. The lowest BCUT2D eigenvalue weighted by Gasteiger charge is -2.31. The molecule has 1 unspecified atom stereocenters. The van der Waals surface area contributed by atoms with Gasteiger partial charge in [0, 0.05) is 12.3 Å². The number of fused-ring (bicyclic) bond motifs is 3. The number of allylic oxidation sites excluding steroid dienone is 1. The first-order valence-corrected chi connectivity index (χ1v) is 21.3. The number of para-hydroxylation sites is 2. The van der Waals surface area contributed by atoms with Gasteiger partial charge in [0.1, 0.15) is 35.5 Å². The van der Waals surface area contributed by atoms with Crippen molar-refractivity contribution in [2.24, 2.45) is 5.92 Å². The second kappa shape index (κ2) is 14.9. The Hall–Kier alpha value is -4.57. The third kappa shape index (κ3) is 7.67. The van der Waals surface area contributed by atoms with Crippen molar-refractivity contribution in [1.82, 2.24) is 30.2 Å². The van der Waals surface area contributed by atoms with E-state index >= 15 is 0 Å². The van der Waals surface area contributed by atoms with Gasteiger partial charge in [-0.25, -0.2) is 23.2 Å². The first kappa shape index (κ1) is 36.4. The summed E-state index contributed by atoms with van der Waals surface area (Å²) in [5.74, 6) is -2.03. The monoisotopic (exact) mass is 776 g/mol. The molecule has 2 aromatic heterocycles. The highest BCUT2D eigenvalue weighted by atomic mass is 32.2. The number of alkyl carbamates (subject to hydrolysis) is 1. The Balaban J connectivity index is 1.10. The molecule has 1 saturated heterocycles. The standard InChI is InChI=1S/C38H44N6O8S2/c45-33-30-20-25(51-34-32(31-16-9-19-53-31)39-27-13-6-7-14-28(27)40-34)22-44(30)35(46)29(41-37(48)52-24-11-8-12-24)15-5-3-1-2-4-10-23-21-38(23,42-33)36(47)43-54(49,50)26-17-18-26/h4,6-7,9-10,13-14,16,19,23-26,29-30H,1-3,5,8,11-12,15,17-18,20-22H2,(H,41,48)(H,42,45)(H,43,47)/b10-4-/t23?,25-,29-,30+,38-/m1/s1. The van der Waals surface area contributed by atoms with E-state index < -0.39 is 68.7 Å². The molecule has 4 fully saturated rings. The average Bonchev–Trinajstić information content (AvgIpc) is 4.00. The molecule has 0 radical (unpaired) electrons. The van der Waals surface area contributed by atoms with E-state index in [9.17, 15) is 27.6 Å². The van der Waals surface area contributed by atoms with E-state index in [1.54, 1.807) is 0 Å².